The van der Waals surface area contributed by atoms with E-state index in [4.69, 9.17) is 15.6 Å². The van der Waals surface area contributed by atoms with Gasteiger partial charge in [0.15, 0.2) is 0 Å². The number of nitrogens with two attached hydrogens (primary N) is 1. The van der Waals surface area contributed by atoms with Gasteiger partial charge in [-0.1, -0.05) is 0 Å². The van der Waals surface area contributed by atoms with Gasteiger partial charge in [0, 0.05) is 11.3 Å². The summed E-state index contributed by atoms with van der Waals surface area (Å²) in [7, 11) is 0. The van der Waals surface area contributed by atoms with Gasteiger partial charge in [-0.2, -0.15) is 0 Å². The average molecular weight is 272 g/mol. The lowest BCUT2D eigenvalue weighted by Gasteiger charge is -2.08. The van der Waals surface area contributed by atoms with E-state index in [0.717, 1.165) is 0 Å². The van der Waals surface area contributed by atoms with Crippen molar-refractivity contribution in [3.8, 4) is 11.5 Å². The van der Waals surface area contributed by atoms with E-state index in [0.29, 0.717) is 30.2 Å². The zero-order valence-corrected chi connectivity index (χ0v) is 10.9. The van der Waals surface area contributed by atoms with Crippen LogP contribution in [-0.2, 0) is 0 Å². The molecule has 0 radical (unpaired) electrons. The number of amides is 1. The van der Waals surface area contributed by atoms with Crippen LogP contribution < -0.4 is 15.8 Å². The summed E-state index contributed by atoms with van der Waals surface area (Å²) in [6, 6.07) is 13.1. The summed E-state index contributed by atoms with van der Waals surface area (Å²) in [5.74, 6) is 0.636. The molecule has 0 fully saturated rings. The monoisotopic (exact) mass is 272 g/mol. The Hall–Kier alpha value is -2.69. The summed E-state index contributed by atoms with van der Waals surface area (Å²) >= 11 is 0. The minimum Gasteiger partial charge on any atom is -0.508 e. The lowest BCUT2D eigenvalue weighted by molar-refractivity contribution is 0.0947. The third kappa shape index (κ3) is 3.91. The number of anilines is 1. The smallest absolute Gasteiger partial charge is 0.251 e. The molecule has 4 N–H and O–H groups in total. The fraction of sp³-hybridized carbons (Fsp3) is 0.133. The van der Waals surface area contributed by atoms with Gasteiger partial charge in [0.05, 0.1) is 6.54 Å². The third-order valence-corrected chi connectivity index (χ3v) is 2.67. The van der Waals surface area contributed by atoms with Gasteiger partial charge in [0.1, 0.15) is 18.1 Å². The Morgan fingerprint density at radius 2 is 1.75 bits per heavy atom. The quantitative estimate of drug-likeness (QED) is 0.572. The van der Waals surface area contributed by atoms with Crippen molar-refractivity contribution in [2.75, 3.05) is 18.9 Å². The van der Waals surface area contributed by atoms with Gasteiger partial charge in [-0.25, -0.2) is 0 Å². The first-order valence-electron chi connectivity index (χ1n) is 6.21. The maximum absolute atomic E-state index is 11.7. The van der Waals surface area contributed by atoms with Gasteiger partial charge in [-0.15, -0.1) is 0 Å². The number of benzene rings is 2. The molecule has 0 aromatic heterocycles. The zero-order valence-electron chi connectivity index (χ0n) is 10.9. The molecule has 5 nitrogen and oxygen atoms in total. The molecule has 0 spiro atoms. The number of carbonyl (C=O) groups excluding carboxylic acids is 1. The van der Waals surface area contributed by atoms with E-state index >= 15 is 0 Å². The van der Waals surface area contributed by atoms with Crippen LogP contribution in [0, 0.1) is 0 Å². The van der Waals surface area contributed by atoms with Crippen molar-refractivity contribution in [1.29, 1.82) is 0 Å². The van der Waals surface area contributed by atoms with Crippen molar-refractivity contribution in [3.63, 3.8) is 0 Å². The molecule has 1 amide bonds. The number of hydrogen-bond donors (Lipinski definition) is 3. The third-order valence-electron chi connectivity index (χ3n) is 2.67. The predicted octanol–water partition coefficient (Wildman–Crippen LogP) is 1.78. The van der Waals surface area contributed by atoms with Crippen LogP contribution in [0.5, 0.6) is 11.5 Å². The number of ether oxygens (including phenoxy) is 1. The van der Waals surface area contributed by atoms with Crippen LogP contribution in [0.15, 0.2) is 48.5 Å². The van der Waals surface area contributed by atoms with Crippen LogP contribution in [0.4, 0.5) is 5.69 Å². The number of phenolic OH excluding ortho intramolecular Hbond substituents is 1. The predicted molar refractivity (Wildman–Crippen MR) is 76.8 cm³/mol. The summed E-state index contributed by atoms with van der Waals surface area (Å²) in [5, 5.41) is 11.9. The normalized spacial score (nSPS) is 10.0. The lowest BCUT2D eigenvalue weighted by Crippen LogP contribution is -2.28. The van der Waals surface area contributed by atoms with Crippen LogP contribution in [0.25, 0.3) is 0 Å². The van der Waals surface area contributed by atoms with Gasteiger partial charge >= 0.3 is 0 Å². The molecule has 2 rings (SSSR count). The first-order valence-corrected chi connectivity index (χ1v) is 6.21. The van der Waals surface area contributed by atoms with Crippen LogP contribution in [0.2, 0.25) is 0 Å². The molecule has 0 aliphatic rings. The molecule has 0 heterocycles. The first-order chi connectivity index (χ1) is 9.65. The number of aromatic hydroxyl groups is 1. The zero-order chi connectivity index (χ0) is 14.4. The second-order valence-electron chi connectivity index (χ2n) is 4.22. The summed E-state index contributed by atoms with van der Waals surface area (Å²) in [6.07, 6.45) is 0. The highest BCUT2D eigenvalue weighted by Crippen LogP contribution is 2.12. The molecule has 20 heavy (non-hydrogen) atoms. The topological polar surface area (TPSA) is 84.6 Å². The highest BCUT2D eigenvalue weighted by molar-refractivity contribution is 5.94. The number of carbonyl (C=O) groups is 1. The molecule has 0 bridgehead atoms. The van der Waals surface area contributed by atoms with Gasteiger partial charge in [0.25, 0.3) is 5.91 Å². The molecule has 0 saturated carbocycles. The molecule has 2 aromatic rings. The SMILES string of the molecule is Nc1ccc(OCCNC(=O)c2ccc(O)cc2)cc1. The minimum atomic E-state index is -0.203. The molecule has 0 unspecified atom stereocenters. The Bertz CT molecular complexity index is 565. The van der Waals surface area contributed by atoms with Crippen molar-refractivity contribution >= 4 is 11.6 Å². The van der Waals surface area contributed by atoms with E-state index in [-0.39, 0.29) is 11.7 Å². The molecule has 0 aliphatic carbocycles. The standard InChI is InChI=1S/C15H16N2O3/c16-12-3-7-14(8-4-12)20-10-9-17-15(19)11-1-5-13(18)6-2-11/h1-8,18H,9-10,16H2,(H,17,19). The minimum absolute atomic E-state index is 0.133. The average Bonchev–Trinajstić information content (AvgIpc) is 2.46. The maximum atomic E-state index is 11.7. The second-order valence-corrected chi connectivity index (χ2v) is 4.22. The van der Waals surface area contributed by atoms with E-state index in [1.807, 2.05) is 0 Å². The summed E-state index contributed by atoms with van der Waals surface area (Å²) in [5.41, 5.74) is 6.74. The van der Waals surface area contributed by atoms with E-state index in [9.17, 15) is 4.79 Å². The van der Waals surface area contributed by atoms with E-state index in [1.54, 1.807) is 36.4 Å². The highest BCUT2D eigenvalue weighted by atomic mass is 16.5. The second kappa shape index (κ2) is 6.47. The van der Waals surface area contributed by atoms with Crippen molar-refractivity contribution in [1.82, 2.24) is 5.32 Å². The Morgan fingerprint density at radius 1 is 1.10 bits per heavy atom. The Labute approximate surface area is 117 Å². The van der Waals surface area contributed by atoms with Crippen LogP contribution in [0.1, 0.15) is 10.4 Å². The molecule has 5 heteroatoms. The molecule has 0 atom stereocenters. The van der Waals surface area contributed by atoms with Crippen LogP contribution in [-0.4, -0.2) is 24.2 Å². The van der Waals surface area contributed by atoms with Crippen LogP contribution >= 0.6 is 0 Å². The Balaban J connectivity index is 1.74. The first kappa shape index (κ1) is 13.7. The molecule has 104 valence electrons. The molecular formula is C15H16N2O3. The number of nitrogen functional groups attached to an aromatic ring is 1. The summed E-state index contributed by atoms with van der Waals surface area (Å²) in [6.45, 7) is 0.762. The number of phenols is 1. The summed E-state index contributed by atoms with van der Waals surface area (Å²) in [4.78, 5) is 11.7. The summed E-state index contributed by atoms with van der Waals surface area (Å²) < 4.78 is 5.46. The van der Waals surface area contributed by atoms with Crippen molar-refractivity contribution in [3.05, 3.63) is 54.1 Å². The molecule has 2 aromatic carbocycles. The lowest BCUT2D eigenvalue weighted by atomic mass is 10.2. The molecule has 0 saturated heterocycles. The fourth-order valence-electron chi connectivity index (χ4n) is 1.61. The number of nitrogens with one attached hydrogen (secondary N) is 1. The Kier molecular flexibility index (Phi) is 4.44. The number of hydrogen-bond acceptors (Lipinski definition) is 4. The van der Waals surface area contributed by atoms with Crippen molar-refractivity contribution in [2.45, 2.75) is 0 Å². The van der Waals surface area contributed by atoms with Crippen LogP contribution in [0.3, 0.4) is 0 Å². The van der Waals surface area contributed by atoms with E-state index in [2.05, 4.69) is 5.32 Å². The highest BCUT2D eigenvalue weighted by Gasteiger charge is 2.04. The number of rotatable bonds is 5. The van der Waals surface area contributed by atoms with Crippen molar-refractivity contribution in [2.24, 2.45) is 0 Å². The van der Waals surface area contributed by atoms with E-state index < -0.39 is 0 Å². The van der Waals surface area contributed by atoms with Gasteiger partial charge in [0.2, 0.25) is 0 Å². The molecule has 0 aliphatic heterocycles. The van der Waals surface area contributed by atoms with E-state index in [1.165, 1.54) is 12.1 Å². The van der Waals surface area contributed by atoms with Gasteiger partial charge in [-0.05, 0) is 48.5 Å². The van der Waals surface area contributed by atoms with Gasteiger partial charge in [-0.3, -0.25) is 4.79 Å². The Morgan fingerprint density at radius 3 is 2.40 bits per heavy atom. The fourth-order valence-corrected chi connectivity index (χ4v) is 1.61. The maximum Gasteiger partial charge on any atom is 0.251 e. The molecular weight excluding hydrogens is 256 g/mol. The van der Waals surface area contributed by atoms with Crippen molar-refractivity contribution < 1.29 is 14.6 Å². The van der Waals surface area contributed by atoms with Gasteiger partial charge < -0.3 is 20.9 Å². The largest absolute Gasteiger partial charge is 0.508 e.